The fourth-order valence-electron chi connectivity index (χ4n) is 3.37. The molecule has 1 heteroatoms. The highest BCUT2D eigenvalue weighted by Gasteiger charge is 2.36. The molecule has 88 valence electrons. The number of rotatable bonds is 3. The van der Waals surface area contributed by atoms with Crippen LogP contribution >= 0.6 is 0 Å². The molecule has 1 aliphatic rings. The first-order chi connectivity index (χ1) is 6.83. The van der Waals surface area contributed by atoms with Crippen LogP contribution in [-0.2, 0) is 4.79 Å². The van der Waals surface area contributed by atoms with E-state index in [9.17, 15) is 4.79 Å². The van der Waals surface area contributed by atoms with Gasteiger partial charge in [0.25, 0.3) is 0 Å². The van der Waals surface area contributed by atoms with E-state index in [-0.39, 0.29) is 0 Å². The molecule has 0 amide bonds. The maximum Gasteiger partial charge on any atom is 0.130 e. The predicted molar refractivity (Wildman–Crippen MR) is 64.9 cm³/mol. The van der Waals surface area contributed by atoms with E-state index < -0.39 is 0 Å². The lowest BCUT2D eigenvalue weighted by molar-refractivity contribution is -0.120. The number of carbonyl (C=O) groups is 1. The van der Waals surface area contributed by atoms with Gasteiger partial charge < -0.3 is 4.79 Å². The SMILES string of the molecule is CC(=O)CC1(CC(C)(C)C)CCCCC1. The second kappa shape index (κ2) is 4.67. The van der Waals surface area contributed by atoms with Gasteiger partial charge >= 0.3 is 0 Å². The second-order valence-corrected chi connectivity index (χ2v) is 6.68. The topological polar surface area (TPSA) is 17.1 Å². The van der Waals surface area contributed by atoms with Crippen molar-refractivity contribution in [2.24, 2.45) is 10.8 Å². The molecule has 15 heavy (non-hydrogen) atoms. The lowest BCUT2D eigenvalue weighted by Gasteiger charge is -2.41. The van der Waals surface area contributed by atoms with Gasteiger partial charge in [-0.2, -0.15) is 0 Å². The molecule has 1 fully saturated rings. The molecule has 0 aromatic carbocycles. The fourth-order valence-corrected chi connectivity index (χ4v) is 3.37. The van der Waals surface area contributed by atoms with Crippen LogP contribution in [0.4, 0.5) is 0 Å². The molecule has 0 unspecified atom stereocenters. The molecule has 0 aliphatic heterocycles. The van der Waals surface area contributed by atoms with Crippen LogP contribution in [-0.4, -0.2) is 5.78 Å². The summed E-state index contributed by atoms with van der Waals surface area (Å²) < 4.78 is 0. The Hall–Kier alpha value is -0.330. The highest BCUT2D eigenvalue weighted by Crippen LogP contribution is 2.47. The van der Waals surface area contributed by atoms with Crippen LogP contribution in [0.1, 0.15) is 72.6 Å². The van der Waals surface area contributed by atoms with Crippen LogP contribution in [0, 0.1) is 10.8 Å². The average molecular weight is 210 g/mol. The maximum absolute atomic E-state index is 11.4. The summed E-state index contributed by atoms with van der Waals surface area (Å²) in [6, 6.07) is 0. The molecule has 0 aromatic heterocycles. The van der Waals surface area contributed by atoms with Crippen molar-refractivity contribution in [3.8, 4) is 0 Å². The van der Waals surface area contributed by atoms with Crippen molar-refractivity contribution in [1.82, 2.24) is 0 Å². The van der Waals surface area contributed by atoms with Crippen molar-refractivity contribution in [1.29, 1.82) is 0 Å². The van der Waals surface area contributed by atoms with Crippen LogP contribution in [0.25, 0.3) is 0 Å². The van der Waals surface area contributed by atoms with Gasteiger partial charge in [0.2, 0.25) is 0 Å². The van der Waals surface area contributed by atoms with Gasteiger partial charge in [-0.3, -0.25) is 0 Å². The molecule has 0 heterocycles. The fraction of sp³-hybridized carbons (Fsp3) is 0.929. The van der Waals surface area contributed by atoms with Gasteiger partial charge in [-0.25, -0.2) is 0 Å². The van der Waals surface area contributed by atoms with Crippen LogP contribution in [0.15, 0.2) is 0 Å². The monoisotopic (exact) mass is 210 g/mol. The van der Waals surface area contributed by atoms with Gasteiger partial charge in [-0.15, -0.1) is 0 Å². The minimum Gasteiger partial charge on any atom is -0.300 e. The summed E-state index contributed by atoms with van der Waals surface area (Å²) in [6.07, 6.45) is 8.56. The van der Waals surface area contributed by atoms with E-state index in [1.807, 2.05) is 0 Å². The van der Waals surface area contributed by atoms with E-state index >= 15 is 0 Å². The Bertz CT molecular complexity index is 216. The third kappa shape index (κ3) is 4.36. The van der Waals surface area contributed by atoms with E-state index in [2.05, 4.69) is 20.8 Å². The minimum absolute atomic E-state index is 0.336. The summed E-state index contributed by atoms with van der Waals surface area (Å²) in [7, 11) is 0. The zero-order valence-corrected chi connectivity index (χ0v) is 10.9. The van der Waals surface area contributed by atoms with Crippen LogP contribution < -0.4 is 0 Å². The quantitative estimate of drug-likeness (QED) is 0.676. The molecule has 0 atom stereocenters. The first kappa shape index (κ1) is 12.7. The van der Waals surface area contributed by atoms with Crippen LogP contribution in [0.2, 0.25) is 0 Å². The van der Waals surface area contributed by atoms with Gasteiger partial charge in [0.05, 0.1) is 0 Å². The normalized spacial score (nSPS) is 21.3. The largest absolute Gasteiger partial charge is 0.300 e. The number of hydrogen-bond donors (Lipinski definition) is 0. The molecule has 0 bridgehead atoms. The molecular weight excluding hydrogens is 184 g/mol. The third-order valence-electron chi connectivity index (χ3n) is 3.44. The summed E-state index contributed by atoms with van der Waals surface area (Å²) in [5, 5.41) is 0. The standard InChI is InChI=1S/C14H26O/c1-12(15)10-14(11-13(2,3)4)8-6-5-7-9-14/h5-11H2,1-4H3. The molecule has 1 rings (SSSR count). The van der Waals surface area contributed by atoms with Crippen molar-refractivity contribution < 1.29 is 4.79 Å². The van der Waals surface area contributed by atoms with Gasteiger partial charge in [0.15, 0.2) is 0 Å². The van der Waals surface area contributed by atoms with Crippen molar-refractivity contribution in [2.45, 2.75) is 72.6 Å². The zero-order valence-electron chi connectivity index (χ0n) is 10.9. The Labute approximate surface area is 94.6 Å². The van der Waals surface area contributed by atoms with E-state index in [0.717, 1.165) is 6.42 Å². The van der Waals surface area contributed by atoms with Crippen molar-refractivity contribution in [3.63, 3.8) is 0 Å². The summed E-state index contributed by atoms with van der Waals surface area (Å²) in [5.41, 5.74) is 0.690. The Morgan fingerprint density at radius 2 is 1.67 bits per heavy atom. The van der Waals surface area contributed by atoms with Gasteiger partial charge in [-0.05, 0) is 37.0 Å². The lowest BCUT2D eigenvalue weighted by Crippen LogP contribution is -2.31. The summed E-state index contributed by atoms with van der Waals surface area (Å²) in [6.45, 7) is 8.63. The number of Topliss-reactive ketones (excluding diaryl/α,β-unsaturated/α-hetero) is 1. The second-order valence-electron chi connectivity index (χ2n) is 6.68. The van der Waals surface area contributed by atoms with E-state index in [4.69, 9.17) is 0 Å². The number of carbonyl (C=O) groups excluding carboxylic acids is 1. The minimum atomic E-state index is 0.336. The number of hydrogen-bond acceptors (Lipinski definition) is 1. The van der Waals surface area contributed by atoms with E-state index in [1.165, 1.54) is 38.5 Å². The Morgan fingerprint density at radius 3 is 2.07 bits per heavy atom. The van der Waals surface area contributed by atoms with Crippen LogP contribution in [0.3, 0.4) is 0 Å². The highest BCUT2D eigenvalue weighted by atomic mass is 16.1. The number of ketones is 1. The van der Waals surface area contributed by atoms with Crippen molar-refractivity contribution in [2.75, 3.05) is 0 Å². The summed E-state index contributed by atoms with van der Waals surface area (Å²) in [5.74, 6) is 0.376. The van der Waals surface area contributed by atoms with Crippen molar-refractivity contribution >= 4 is 5.78 Å². The molecule has 0 aromatic rings. The molecule has 0 radical (unpaired) electrons. The Morgan fingerprint density at radius 1 is 1.13 bits per heavy atom. The first-order valence-corrected chi connectivity index (χ1v) is 6.33. The lowest BCUT2D eigenvalue weighted by atomic mass is 9.64. The molecule has 0 spiro atoms. The van der Waals surface area contributed by atoms with Gasteiger partial charge in [0, 0.05) is 6.42 Å². The van der Waals surface area contributed by atoms with Gasteiger partial charge in [-0.1, -0.05) is 40.0 Å². The predicted octanol–water partition coefficient (Wildman–Crippen LogP) is 4.35. The molecule has 0 N–H and O–H groups in total. The summed E-state index contributed by atoms with van der Waals surface area (Å²) in [4.78, 5) is 11.4. The van der Waals surface area contributed by atoms with E-state index in [1.54, 1.807) is 6.92 Å². The summed E-state index contributed by atoms with van der Waals surface area (Å²) >= 11 is 0. The van der Waals surface area contributed by atoms with Gasteiger partial charge in [0.1, 0.15) is 5.78 Å². The molecule has 0 saturated heterocycles. The molecule has 1 saturated carbocycles. The molecule has 1 nitrogen and oxygen atoms in total. The average Bonchev–Trinajstić information content (AvgIpc) is 1.99. The Balaban J connectivity index is 2.70. The third-order valence-corrected chi connectivity index (χ3v) is 3.44. The zero-order chi connectivity index (χ0) is 11.5. The molecular formula is C14H26O. The molecule has 1 aliphatic carbocycles. The van der Waals surface area contributed by atoms with Crippen LogP contribution in [0.5, 0.6) is 0 Å². The van der Waals surface area contributed by atoms with E-state index in [0.29, 0.717) is 16.6 Å². The highest BCUT2D eigenvalue weighted by molar-refractivity contribution is 5.76. The first-order valence-electron chi connectivity index (χ1n) is 6.33. The van der Waals surface area contributed by atoms with Crippen molar-refractivity contribution in [3.05, 3.63) is 0 Å². The maximum atomic E-state index is 11.4. The smallest absolute Gasteiger partial charge is 0.130 e. The Kier molecular flexibility index (Phi) is 3.97.